The molecule has 3 unspecified atom stereocenters. The first-order valence-electron chi connectivity index (χ1n) is 4.56. The van der Waals surface area contributed by atoms with E-state index in [0.717, 1.165) is 6.42 Å². The van der Waals surface area contributed by atoms with Crippen molar-refractivity contribution in [3.8, 4) is 0 Å². The van der Waals surface area contributed by atoms with Crippen LogP contribution in [0.2, 0.25) is 0 Å². The second-order valence-electron chi connectivity index (χ2n) is 3.76. The van der Waals surface area contributed by atoms with E-state index in [9.17, 15) is 0 Å². The molecule has 1 heterocycles. The highest BCUT2D eigenvalue weighted by atomic mass is 16.3. The second kappa shape index (κ2) is 2.94. The first kappa shape index (κ1) is 7.87. The highest BCUT2D eigenvalue weighted by molar-refractivity contribution is 5.16. The molecule has 2 heteroatoms. The Morgan fingerprint density at radius 2 is 2.33 bits per heavy atom. The van der Waals surface area contributed by atoms with E-state index in [-0.39, 0.29) is 0 Å². The molecular formula is C10H15NO. The van der Waals surface area contributed by atoms with Crippen molar-refractivity contribution < 1.29 is 4.42 Å². The molecule has 1 fully saturated rings. The van der Waals surface area contributed by atoms with Crippen LogP contribution in [0.4, 0.5) is 0 Å². The van der Waals surface area contributed by atoms with Crippen molar-refractivity contribution >= 4 is 0 Å². The topological polar surface area (TPSA) is 39.2 Å². The van der Waals surface area contributed by atoms with E-state index in [2.05, 4.69) is 13.0 Å². The van der Waals surface area contributed by atoms with E-state index in [0.29, 0.717) is 17.9 Å². The molecular weight excluding hydrogens is 150 g/mol. The van der Waals surface area contributed by atoms with Gasteiger partial charge >= 0.3 is 0 Å². The van der Waals surface area contributed by atoms with Crippen LogP contribution >= 0.6 is 0 Å². The van der Waals surface area contributed by atoms with Crippen LogP contribution in [0.25, 0.3) is 0 Å². The molecule has 1 saturated carbocycles. The van der Waals surface area contributed by atoms with Crippen LogP contribution < -0.4 is 5.73 Å². The van der Waals surface area contributed by atoms with E-state index in [1.54, 1.807) is 6.26 Å². The predicted octanol–water partition coefficient (Wildman–Crippen LogP) is 2.12. The van der Waals surface area contributed by atoms with Crippen molar-refractivity contribution in [2.45, 2.75) is 31.7 Å². The van der Waals surface area contributed by atoms with Gasteiger partial charge in [0.2, 0.25) is 0 Å². The third-order valence-corrected chi connectivity index (χ3v) is 3.09. The average Bonchev–Trinajstić information content (AvgIpc) is 2.64. The van der Waals surface area contributed by atoms with Crippen LogP contribution in [0.5, 0.6) is 0 Å². The third kappa shape index (κ3) is 1.16. The van der Waals surface area contributed by atoms with Gasteiger partial charge in [0.1, 0.15) is 0 Å². The summed E-state index contributed by atoms with van der Waals surface area (Å²) in [6.45, 7) is 2.23. The Morgan fingerprint density at radius 1 is 1.50 bits per heavy atom. The molecule has 0 aromatic carbocycles. The molecule has 0 spiro atoms. The average molecular weight is 165 g/mol. The quantitative estimate of drug-likeness (QED) is 0.692. The van der Waals surface area contributed by atoms with Crippen molar-refractivity contribution in [1.82, 2.24) is 0 Å². The van der Waals surface area contributed by atoms with Gasteiger partial charge in [0.15, 0.2) is 0 Å². The fourth-order valence-electron chi connectivity index (χ4n) is 2.15. The number of furan rings is 1. The summed E-state index contributed by atoms with van der Waals surface area (Å²) < 4.78 is 5.07. The lowest BCUT2D eigenvalue weighted by atomic mass is 9.91. The summed E-state index contributed by atoms with van der Waals surface area (Å²) in [6.07, 6.45) is 5.95. The molecule has 1 aromatic heterocycles. The lowest BCUT2D eigenvalue weighted by molar-refractivity contribution is 0.473. The van der Waals surface area contributed by atoms with E-state index in [1.807, 2.05) is 6.26 Å². The second-order valence-corrected chi connectivity index (χ2v) is 3.76. The summed E-state index contributed by atoms with van der Waals surface area (Å²) in [5, 5.41) is 0. The minimum absolute atomic E-state index is 0.380. The highest BCUT2D eigenvalue weighted by Gasteiger charge is 2.31. The Morgan fingerprint density at radius 3 is 2.83 bits per heavy atom. The van der Waals surface area contributed by atoms with Gasteiger partial charge < -0.3 is 10.2 Å². The Labute approximate surface area is 72.7 Å². The smallest absolute Gasteiger partial charge is 0.0937 e. The molecule has 66 valence electrons. The number of nitrogens with two attached hydrogens (primary N) is 1. The van der Waals surface area contributed by atoms with Gasteiger partial charge in [0, 0.05) is 6.04 Å². The van der Waals surface area contributed by atoms with Crippen molar-refractivity contribution in [2.24, 2.45) is 11.7 Å². The van der Waals surface area contributed by atoms with Crippen LogP contribution in [-0.2, 0) is 0 Å². The zero-order valence-corrected chi connectivity index (χ0v) is 7.36. The molecule has 0 radical (unpaired) electrons. The fraction of sp³-hybridized carbons (Fsp3) is 0.600. The molecule has 0 bridgehead atoms. The molecule has 1 aliphatic carbocycles. The van der Waals surface area contributed by atoms with Gasteiger partial charge in [-0.15, -0.1) is 0 Å². The van der Waals surface area contributed by atoms with Crippen LogP contribution in [-0.4, -0.2) is 6.04 Å². The number of hydrogen-bond acceptors (Lipinski definition) is 2. The van der Waals surface area contributed by atoms with Gasteiger partial charge in [-0.3, -0.25) is 0 Å². The van der Waals surface area contributed by atoms with Gasteiger partial charge in [-0.1, -0.05) is 6.92 Å². The molecule has 2 N–H and O–H groups in total. The van der Waals surface area contributed by atoms with E-state index in [1.165, 1.54) is 12.0 Å². The van der Waals surface area contributed by atoms with E-state index < -0.39 is 0 Å². The van der Waals surface area contributed by atoms with Crippen LogP contribution in [0.15, 0.2) is 23.0 Å². The summed E-state index contributed by atoms with van der Waals surface area (Å²) in [5.41, 5.74) is 7.26. The summed E-state index contributed by atoms with van der Waals surface area (Å²) in [5.74, 6) is 1.22. The largest absolute Gasteiger partial charge is 0.472 e. The molecule has 12 heavy (non-hydrogen) atoms. The first-order chi connectivity index (χ1) is 5.79. The van der Waals surface area contributed by atoms with Gasteiger partial charge in [-0.2, -0.15) is 0 Å². The first-order valence-corrected chi connectivity index (χ1v) is 4.56. The highest BCUT2D eigenvalue weighted by Crippen LogP contribution is 2.38. The van der Waals surface area contributed by atoms with Crippen molar-refractivity contribution in [1.29, 1.82) is 0 Å². The zero-order chi connectivity index (χ0) is 8.55. The maximum absolute atomic E-state index is 5.94. The lowest BCUT2D eigenvalue weighted by Gasteiger charge is -2.15. The number of hydrogen-bond donors (Lipinski definition) is 1. The van der Waals surface area contributed by atoms with Crippen molar-refractivity contribution in [3.05, 3.63) is 24.2 Å². The van der Waals surface area contributed by atoms with Gasteiger partial charge in [0.05, 0.1) is 12.5 Å². The molecule has 0 saturated heterocycles. The zero-order valence-electron chi connectivity index (χ0n) is 7.36. The molecule has 0 aliphatic heterocycles. The lowest BCUT2D eigenvalue weighted by Crippen LogP contribution is -2.24. The van der Waals surface area contributed by atoms with Crippen LogP contribution in [0.3, 0.4) is 0 Å². The van der Waals surface area contributed by atoms with Gasteiger partial charge in [0.25, 0.3) is 0 Å². The predicted molar refractivity (Wildman–Crippen MR) is 47.8 cm³/mol. The normalized spacial score (nSPS) is 35.7. The fourth-order valence-corrected chi connectivity index (χ4v) is 2.15. The Kier molecular flexibility index (Phi) is 1.93. The number of rotatable bonds is 1. The van der Waals surface area contributed by atoms with Crippen molar-refractivity contribution in [3.63, 3.8) is 0 Å². The van der Waals surface area contributed by atoms with Gasteiger partial charge in [-0.25, -0.2) is 0 Å². The molecule has 0 amide bonds. The maximum atomic E-state index is 5.94. The maximum Gasteiger partial charge on any atom is 0.0937 e. The SMILES string of the molecule is CC1C(N)CCC1c1ccoc1. The van der Waals surface area contributed by atoms with E-state index >= 15 is 0 Å². The molecule has 1 aromatic rings. The Bertz CT molecular complexity index is 242. The van der Waals surface area contributed by atoms with Crippen LogP contribution in [0, 0.1) is 5.92 Å². The van der Waals surface area contributed by atoms with Crippen LogP contribution in [0.1, 0.15) is 31.2 Å². The van der Waals surface area contributed by atoms with E-state index in [4.69, 9.17) is 10.2 Å². The molecule has 3 atom stereocenters. The Hall–Kier alpha value is -0.760. The van der Waals surface area contributed by atoms with Crippen molar-refractivity contribution in [2.75, 3.05) is 0 Å². The monoisotopic (exact) mass is 165 g/mol. The summed E-state index contributed by atoms with van der Waals surface area (Å²) in [4.78, 5) is 0. The summed E-state index contributed by atoms with van der Waals surface area (Å²) in [7, 11) is 0. The van der Waals surface area contributed by atoms with Gasteiger partial charge in [-0.05, 0) is 36.3 Å². The summed E-state index contributed by atoms with van der Waals surface area (Å²) in [6, 6.07) is 2.43. The molecule has 2 rings (SSSR count). The third-order valence-electron chi connectivity index (χ3n) is 3.09. The minimum Gasteiger partial charge on any atom is -0.472 e. The minimum atomic E-state index is 0.380. The molecule has 2 nitrogen and oxygen atoms in total. The summed E-state index contributed by atoms with van der Waals surface area (Å²) >= 11 is 0. The molecule has 1 aliphatic rings. The standard InChI is InChI=1S/C10H15NO/c1-7-9(2-3-10(7)11)8-4-5-12-6-8/h4-7,9-10H,2-3,11H2,1H3. The Balaban J connectivity index is 2.16.